The number of aromatic nitrogens is 2. The summed E-state index contributed by atoms with van der Waals surface area (Å²) in [4.78, 5) is 58.0. The number of fused-ring (bicyclic) bond motifs is 1. The Kier molecular flexibility index (Phi) is 7.24. The monoisotopic (exact) mass is 541 g/mol. The van der Waals surface area contributed by atoms with Gasteiger partial charge < -0.3 is 24.2 Å². The standard InChI is InChI=1S/C21H25FN5O9P/c1-12(28)26(20(29)34-13(2)36-37(31,32)33)9-16-10-27(21(30)35-16)15-4-5-19(17(22)6-15)25-8-14-7-24(3)23-18(14)11-25/h4-7,13,16H,8-11H2,1-3H3,(H2,31,32,33)/t13?,16-/m0/s1. The van der Waals surface area contributed by atoms with E-state index in [-0.39, 0.29) is 12.2 Å². The Morgan fingerprint density at radius 1 is 1.35 bits per heavy atom. The Bertz CT molecular complexity index is 1260. The number of cyclic esters (lactones) is 1. The van der Waals surface area contributed by atoms with E-state index in [0.717, 1.165) is 25.1 Å². The van der Waals surface area contributed by atoms with Crippen LogP contribution in [0.4, 0.5) is 25.4 Å². The Labute approximate surface area is 210 Å². The summed E-state index contributed by atoms with van der Waals surface area (Å²) in [6, 6.07) is 4.32. The molecular formula is C21H25FN5O9P. The van der Waals surface area contributed by atoms with Gasteiger partial charge in [-0.1, -0.05) is 0 Å². The van der Waals surface area contributed by atoms with Crippen LogP contribution in [0.3, 0.4) is 0 Å². The number of carbonyl (C=O) groups is 3. The van der Waals surface area contributed by atoms with Gasteiger partial charge in [0.05, 0.1) is 36.7 Å². The number of phosphoric acid groups is 1. The quantitative estimate of drug-likeness (QED) is 0.388. The molecule has 2 aliphatic heterocycles. The van der Waals surface area contributed by atoms with E-state index in [1.807, 2.05) is 18.1 Å². The van der Waals surface area contributed by atoms with Crippen molar-refractivity contribution in [2.45, 2.75) is 39.3 Å². The minimum absolute atomic E-state index is 0.0943. The van der Waals surface area contributed by atoms with Crippen LogP contribution in [0.1, 0.15) is 25.1 Å². The molecule has 37 heavy (non-hydrogen) atoms. The first-order chi connectivity index (χ1) is 17.3. The molecule has 4 rings (SSSR count). The maximum atomic E-state index is 15.0. The highest BCUT2D eigenvalue weighted by Gasteiger charge is 2.37. The van der Waals surface area contributed by atoms with Gasteiger partial charge in [0.1, 0.15) is 11.9 Å². The van der Waals surface area contributed by atoms with Gasteiger partial charge in [-0.3, -0.25) is 14.4 Å². The van der Waals surface area contributed by atoms with Gasteiger partial charge in [0.2, 0.25) is 12.2 Å². The molecule has 2 aromatic rings. The summed E-state index contributed by atoms with van der Waals surface area (Å²) in [6.45, 7) is 2.58. The fraction of sp³-hybridized carbons (Fsp3) is 0.429. The van der Waals surface area contributed by atoms with Crippen LogP contribution in [0.2, 0.25) is 0 Å². The number of benzene rings is 1. The van der Waals surface area contributed by atoms with E-state index in [2.05, 4.69) is 9.62 Å². The van der Waals surface area contributed by atoms with E-state index in [4.69, 9.17) is 19.3 Å². The normalized spacial score (nSPS) is 18.0. The summed E-state index contributed by atoms with van der Waals surface area (Å²) in [5.74, 6) is -1.31. The summed E-state index contributed by atoms with van der Waals surface area (Å²) >= 11 is 0. The number of carbonyl (C=O) groups excluding carboxylic acids is 3. The maximum Gasteiger partial charge on any atom is 0.472 e. The molecule has 1 aromatic carbocycles. The lowest BCUT2D eigenvalue weighted by molar-refractivity contribution is -0.130. The van der Waals surface area contributed by atoms with Crippen molar-refractivity contribution in [2.24, 2.45) is 7.05 Å². The van der Waals surface area contributed by atoms with Crippen LogP contribution in [-0.4, -0.2) is 68.0 Å². The molecule has 1 saturated heterocycles. The molecule has 0 spiro atoms. The fourth-order valence-corrected chi connectivity index (χ4v) is 4.59. The highest BCUT2D eigenvalue weighted by atomic mass is 31.2. The molecule has 14 nitrogen and oxygen atoms in total. The van der Waals surface area contributed by atoms with Crippen LogP contribution >= 0.6 is 7.82 Å². The third-order valence-electron chi connectivity index (χ3n) is 5.69. The number of anilines is 2. The van der Waals surface area contributed by atoms with E-state index in [1.54, 1.807) is 16.8 Å². The molecule has 0 radical (unpaired) electrons. The van der Waals surface area contributed by atoms with E-state index < -0.39 is 50.7 Å². The summed E-state index contributed by atoms with van der Waals surface area (Å²) in [6.07, 6.45) is -2.79. The van der Waals surface area contributed by atoms with Crippen LogP contribution in [0.25, 0.3) is 0 Å². The lowest BCUT2D eigenvalue weighted by Gasteiger charge is -2.23. The van der Waals surface area contributed by atoms with Gasteiger partial charge in [0, 0.05) is 32.3 Å². The molecule has 1 aromatic heterocycles. The molecule has 200 valence electrons. The molecule has 3 heterocycles. The van der Waals surface area contributed by atoms with Crippen LogP contribution in [0, 0.1) is 5.82 Å². The van der Waals surface area contributed by atoms with Crippen LogP contribution < -0.4 is 9.80 Å². The number of halogens is 1. The van der Waals surface area contributed by atoms with Gasteiger partial charge in [0.15, 0.2) is 0 Å². The topological polar surface area (TPSA) is 164 Å². The number of rotatable bonds is 7. The van der Waals surface area contributed by atoms with Crippen molar-refractivity contribution < 1.29 is 47.1 Å². The number of phosphoric ester groups is 1. The molecule has 0 saturated carbocycles. The Morgan fingerprint density at radius 2 is 2.08 bits per heavy atom. The van der Waals surface area contributed by atoms with E-state index in [0.29, 0.717) is 23.7 Å². The molecular weight excluding hydrogens is 516 g/mol. The summed E-state index contributed by atoms with van der Waals surface area (Å²) in [5, 5.41) is 4.36. The fourth-order valence-electron chi connectivity index (χ4n) is 4.16. The first-order valence-corrected chi connectivity index (χ1v) is 12.6. The first-order valence-electron chi connectivity index (χ1n) is 11.1. The van der Waals surface area contributed by atoms with Crippen molar-refractivity contribution in [3.8, 4) is 0 Å². The number of ether oxygens (including phenoxy) is 2. The van der Waals surface area contributed by atoms with Gasteiger partial charge in [-0.15, -0.1) is 0 Å². The van der Waals surface area contributed by atoms with E-state index in [9.17, 15) is 18.9 Å². The lowest BCUT2D eigenvalue weighted by atomic mass is 10.2. The van der Waals surface area contributed by atoms with E-state index in [1.165, 1.54) is 11.0 Å². The zero-order valence-electron chi connectivity index (χ0n) is 20.1. The van der Waals surface area contributed by atoms with Crippen molar-refractivity contribution >= 4 is 37.3 Å². The second kappa shape index (κ2) is 10.1. The molecule has 1 unspecified atom stereocenters. The Morgan fingerprint density at radius 3 is 2.70 bits per heavy atom. The predicted octanol–water partition coefficient (Wildman–Crippen LogP) is 1.84. The van der Waals surface area contributed by atoms with E-state index >= 15 is 4.39 Å². The smallest absolute Gasteiger partial charge is 0.442 e. The molecule has 2 N–H and O–H groups in total. The van der Waals surface area contributed by atoms with Crippen LogP contribution in [0.15, 0.2) is 24.4 Å². The average Bonchev–Trinajstić information content (AvgIpc) is 3.42. The summed E-state index contributed by atoms with van der Waals surface area (Å²) < 4.78 is 41.8. The molecule has 2 aliphatic rings. The van der Waals surface area contributed by atoms with Crippen molar-refractivity contribution in [2.75, 3.05) is 22.9 Å². The van der Waals surface area contributed by atoms with Gasteiger partial charge in [0.25, 0.3) is 0 Å². The molecule has 2 atom stereocenters. The molecule has 16 heteroatoms. The van der Waals surface area contributed by atoms with Crippen molar-refractivity contribution in [3.63, 3.8) is 0 Å². The molecule has 1 fully saturated rings. The predicted molar refractivity (Wildman–Crippen MR) is 124 cm³/mol. The van der Waals surface area contributed by atoms with Gasteiger partial charge in [-0.25, -0.2) is 28.0 Å². The summed E-state index contributed by atoms with van der Waals surface area (Å²) in [7, 11) is -3.11. The Balaban J connectivity index is 1.40. The van der Waals surface area contributed by atoms with Crippen LogP contribution in [0.5, 0.6) is 0 Å². The second-order valence-corrected chi connectivity index (χ2v) is 9.75. The number of hydrogen-bond donors (Lipinski definition) is 2. The van der Waals surface area contributed by atoms with Gasteiger partial charge in [-0.05, 0) is 25.1 Å². The van der Waals surface area contributed by atoms with Gasteiger partial charge >= 0.3 is 20.0 Å². The SMILES string of the molecule is CC(=O)N(C[C@H]1CN(c2ccc(N3Cc4cn(C)nc4C3)c(F)c2)C(=O)O1)C(=O)OC(C)OP(=O)(O)O. The number of imide groups is 1. The lowest BCUT2D eigenvalue weighted by Crippen LogP contribution is -2.43. The summed E-state index contributed by atoms with van der Waals surface area (Å²) in [5.41, 5.74) is 2.46. The maximum absolute atomic E-state index is 15.0. The number of nitrogens with zero attached hydrogens (tertiary/aromatic N) is 5. The zero-order valence-corrected chi connectivity index (χ0v) is 21.0. The molecule has 0 aliphatic carbocycles. The minimum Gasteiger partial charge on any atom is -0.442 e. The van der Waals surface area contributed by atoms with Crippen molar-refractivity contribution in [3.05, 3.63) is 41.5 Å². The third kappa shape index (κ3) is 6.07. The highest BCUT2D eigenvalue weighted by Crippen LogP contribution is 2.38. The molecule has 0 bridgehead atoms. The zero-order chi connectivity index (χ0) is 27.1. The number of hydrogen-bond acceptors (Lipinski definition) is 9. The highest BCUT2D eigenvalue weighted by molar-refractivity contribution is 7.46. The second-order valence-electron chi connectivity index (χ2n) is 8.56. The minimum atomic E-state index is -4.93. The van der Waals surface area contributed by atoms with Crippen molar-refractivity contribution in [1.82, 2.24) is 14.7 Å². The molecule has 3 amide bonds. The number of amides is 3. The Hall–Kier alpha value is -3.52. The largest absolute Gasteiger partial charge is 0.472 e. The first kappa shape index (κ1) is 26.5. The van der Waals surface area contributed by atoms with Crippen LogP contribution in [-0.2, 0) is 43.5 Å². The average molecular weight is 541 g/mol. The van der Waals surface area contributed by atoms with Crippen molar-refractivity contribution in [1.29, 1.82) is 0 Å². The number of aryl methyl sites for hydroxylation is 1. The third-order valence-corrected chi connectivity index (χ3v) is 6.26. The van der Waals surface area contributed by atoms with Gasteiger partial charge in [-0.2, -0.15) is 5.10 Å².